The summed E-state index contributed by atoms with van der Waals surface area (Å²) < 4.78 is 4.67. The second-order valence-corrected chi connectivity index (χ2v) is 5.21. The minimum absolute atomic E-state index is 0.0944. The third kappa shape index (κ3) is 3.02. The molecule has 1 aromatic heterocycles. The summed E-state index contributed by atoms with van der Waals surface area (Å²) in [7, 11) is 1.33. The molecule has 1 aromatic carbocycles. The van der Waals surface area contributed by atoms with Gasteiger partial charge in [-0.3, -0.25) is 0 Å². The Labute approximate surface area is 123 Å². The van der Waals surface area contributed by atoms with Crippen molar-refractivity contribution < 1.29 is 9.53 Å². The van der Waals surface area contributed by atoms with Crippen molar-refractivity contribution in [3.63, 3.8) is 0 Å². The molecule has 108 valence electrons. The highest BCUT2D eigenvalue weighted by Crippen LogP contribution is 2.42. The molecule has 5 nitrogen and oxygen atoms in total. The lowest BCUT2D eigenvalue weighted by molar-refractivity contribution is 0.0586. The highest BCUT2D eigenvalue weighted by atomic mass is 16.5. The van der Waals surface area contributed by atoms with E-state index in [4.69, 9.17) is 0 Å². The highest BCUT2D eigenvalue weighted by molar-refractivity contribution is 5.85. The zero-order valence-corrected chi connectivity index (χ0v) is 12.0. The standard InChI is InChI=1S/C16H17N3O2/c1-10-8-14(19-15(17-10)16(20)21-2)18-13-9-12(13)11-6-4-3-5-7-11/h3-8,12-13H,9H2,1-2H3,(H,17,18,19). The zero-order chi connectivity index (χ0) is 14.8. The van der Waals surface area contributed by atoms with Gasteiger partial charge >= 0.3 is 5.97 Å². The average molecular weight is 283 g/mol. The fraction of sp³-hybridized carbons (Fsp3) is 0.312. The predicted molar refractivity (Wildman–Crippen MR) is 79.3 cm³/mol. The Balaban J connectivity index is 1.72. The minimum Gasteiger partial charge on any atom is -0.463 e. The summed E-state index contributed by atoms with van der Waals surface area (Å²) in [6, 6.07) is 12.6. The fourth-order valence-electron chi connectivity index (χ4n) is 2.44. The van der Waals surface area contributed by atoms with Crippen LogP contribution < -0.4 is 5.32 Å². The number of methoxy groups -OCH3 is 1. The molecule has 2 aromatic rings. The smallest absolute Gasteiger partial charge is 0.376 e. The molecule has 21 heavy (non-hydrogen) atoms. The molecule has 1 aliphatic carbocycles. The number of aromatic nitrogens is 2. The average Bonchev–Trinajstić information content (AvgIpc) is 3.26. The van der Waals surface area contributed by atoms with Gasteiger partial charge in [0.25, 0.3) is 0 Å². The van der Waals surface area contributed by atoms with Crippen LogP contribution in [0.5, 0.6) is 0 Å². The molecule has 1 N–H and O–H groups in total. The third-order valence-electron chi connectivity index (χ3n) is 3.57. The summed E-state index contributed by atoms with van der Waals surface area (Å²) in [5.74, 6) is 0.753. The van der Waals surface area contributed by atoms with Crippen molar-refractivity contribution in [3.8, 4) is 0 Å². The van der Waals surface area contributed by atoms with E-state index in [1.54, 1.807) is 0 Å². The van der Waals surface area contributed by atoms with Crippen LogP contribution >= 0.6 is 0 Å². The number of nitrogens with one attached hydrogen (secondary N) is 1. The number of esters is 1. The second-order valence-electron chi connectivity index (χ2n) is 5.21. The fourth-order valence-corrected chi connectivity index (χ4v) is 2.44. The molecule has 1 aliphatic rings. The molecule has 0 bridgehead atoms. The Hall–Kier alpha value is -2.43. The van der Waals surface area contributed by atoms with Crippen LogP contribution in [0.15, 0.2) is 36.4 Å². The molecule has 2 atom stereocenters. The maximum absolute atomic E-state index is 11.5. The summed E-state index contributed by atoms with van der Waals surface area (Å²) in [5, 5.41) is 3.37. The van der Waals surface area contributed by atoms with Crippen molar-refractivity contribution in [2.75, 3.05) is 12.4 Å². The van der Waals surface area contributed by atoms with E-state index in [2.05, 4.69) is 44.3 Å². The van der Waals surface area contributed by atoms with Gasteiger partial charge in [0.05, 0.1) is 7.11 Å². The van der Waals surface area contributed by atoms with Crippen LogP contribution in [0.25, 0.3) is 0 Å². The molecular weight excluding hydrogens is 266 g/mol. The van der Waals surface area contributed by atoms with E-state index < -0.39 is 5.97 Å². The van der Waals surface area contributed by atoms with E-state index in [0.717, 1.165) is 12.1 Å². The molecule has 5 heteroatoms. The van der Waals surface area contributed by atoms with Crippen LogP contribution in [0, 0.1) is 6.92 Å². The Morgan fingerprint density at radius 3 is 2.76 bits per heavy atom. The van der Waals surface area contributed by atoms with E-state index in [0.29, 0.717) is 17.8 Å². The molecule has 1 fully saturated rings. The lowest BCUT2D eigenvalue weighted by Crippen LogP contribution is -2.12. The molecule has 0 aliphatic heterocycles. The number of aryl methyl sites for hydroxylation is 1. The van der Waals surface area contributed by atoms with Gasteiger partial charge in [0.2, 0.25) is 5.82 Å². The van der Waals surface area contributed by atoms with Gasteiger partial charge in [-0.2, -0.15) is 0 Å². The Kier molecular flexibility index (Phi) is 3.56. The quantitative estimate of drug-likeness (QED) is 0.874. The maximum Gasteiger partial charge on any atom is 0.376 e. The molecule has 0 spiro atoms. The first-order chi connectivity index (χ1) is 10.2. The van der Waals surface area contributed by atoms with Crippen LogP contribution in [-0.2, 0) is 4.74 Å². The van der Waals surface area contributed by atoms with Crippen LogP contribution in [0.1, 0.15) is 34.2 Å². The van der Waals surface area contributed by atoms with E-state index in [1.165, 1.54) is 12.7 Å². The van der Waals surface area contributed by atoms with Gasteiger partial charge < -0.3 is 10.1 Å². The van der Waals surface area contributed by atoms with Crippen molar-refractivity contribution in [2.45, 2.75) is 25.3 Å². The predicted octanol–water partition coefficient (Wildman–Crippen LogP) is 2.54. The van der Waals surface area contributed by atoms with Gasteiger partial charge in [0, 0.05) is 23.7 Å². The zero-order valence-electron chi connectivity index (χ0n) is 12.0. The summed E-state index contributed by atoms with van der Waals surface area (Å²) in [6.07, 6.45) is 1.07. The highest BCUT2D eigenvalue weighted by Gasteiger charge is 2.38. The van der Waals surface area contributed by atoms with Gasteiger partial charge in [-0.05, 0) is 18.9 Å². The van der Waals surface area contributed by atoms with E-state index in [-0.39, 0.29) is 5.82 Å². The minimum atomic E-state index is -0.517. The van der Waals surface area contributed by atoms with Gasteiger partial charge in [0.1, 0.15) is 5.82 Å². The first-order valence-electron chi connectivity index (χ1n) is 6.93. The van der Waals surface area contributed by atoms with Gasteiger partial charge in [-0.25, -0.2) is 14.8 Å². The molecule has 0 saturated heterocycles. The summed E-state index contributed by atoms with van der Waals surface area (Å²) in [5.41, 5.74) is 2.07. The number of ether oxygens (including phenoxy) is 1. The largest absolute Gasteiger partial charge is 0.463 e. The van der Waals surface area contributed by atoms with Gasteiger partial charge in [-0.15, -0.1) is 0 Å². The molecule has 3 rings (SSSR count). The summed E-state index contributed by atoms with van der Waals surface area (Å²) in [4.78, 5) is 19.8. The molecule has 1 saturated carbocycles. The van der Waals surface area contributed by atoms with Gasteiger partial charge in [-0.1, -0.05) is 30.3 Å². The van der Waals surface area contributed by atoms with Crippen LogP contribution in [0.3, 0.4) is 0 Å². The van der Waals surface area contributed by atoms with Crippen molar-refractivity contribution in [2.24, 2.45) is 0 Å². The Morgan fingerprint density at radius 1 is 1.29 bits per heavy atom. The number of carbonyl (C=O) groups is 1. The normalized spacial score (nSPS) is 19.9. The lowest BCUT2D eigenvalue weighted by Gasteiger charge is -2.07. The number of nitrogens with zero attached hydrogens (tertiary/aromatic N) is 2. The van der Waals surface area contributed by atoms with Crippen LogP contribution in [0.4, 0.5) is 5.82 Å². The third-order valence-corrected chi connectivity index (χ3v) is 3.57. The number of hydrogen-bond acceptors (Lipinski definition) is 5. The van der Waals surface area contributed by atoms with Crippen molar-refractivity contribution in [3.05, 3.63) is 53.5 Å². The number of anilines is 1. The molecule has 1 heterocycles. The molecule has 2 unspecified atom stereocenters. The monoisotopic (exact) mass is 283 g/mol. The molecule has 0 amide bonds. The van der Waals surface area contributed by atoms with E-state index in [1.807, 2.05) is 19.1 Å². The topological polar surface area (TPSA) is 64.1 Å². The number of carbonyl (C=O) groups excluding carboxylic acids is 1. The Morgan fingerprint density at radius 2 is 2.05 bits per heavy atom. The number of hydrogen-bond donors (Lipinski definition) is 1. The van der Waals surface area contributed by atoms with Crippen LogP contribution in [-0.4, -0.2) is 29.1 Å². The Bertz CT molecular complexity index is 658. The van der Waals surface area contributed by atoms with Crippen molar-refractivity contribution >= 4 is 11.8 Å². The first kappa shape index (κ1) is 13.5. The molecule has 0 radical (unpaired) electrons. The number of benzene rings is 1. The van der Waals surface area contributed by atoms with E-state index >= 15 is 0 Å². The number of rotatable bonds is 4. The second kappa shape index (κ2) is 5.52. The first-order valence-corrected chi connectivity index (χ1v) is 6.93. The maximum atomic E-state index is 11.5. The lowest BCUT2D eigenvalue weighted by atomic mass is 10.1. The summed E-state index contributed by atoms with van der Waals surface area (Å²) in [6.45, 7) is 1.83. The van der Waals surface area contributed by atoms with Gasteiger partial charge in [0.15, 0.2) is 0 Å². The van der Waals surface area contributed by atoms with Crippen molar-refractivity contribution in [1.29, 1.82) is 0 Å². The SMILES string of the molecule is COC(=O)c1nc(C)cc(NC2CC2c2ccccc2)n1. The summed E-state index contributed by atoms with van der Waals surface area (Å²) >= 11 is 0. The van der Waals surface area contributed by atoms with Crippen LogP contribution in [0.2, 0.25) is 0 Å². The van der Waals surface area contributed by atoms with Crippen molar-refractivity contribution in [1.82, 2.24) is 9.97 Å². The molecular formula is C16H17N3O2. The van der Waals surface area contributed by atoms with E-state index in [9.17, 15) is 4.79 Å².